The van der Waals surface area contributed by atoms with E-state index >= 15 is 0 Å². The molecule has 0 saturated carbocycles. The van der Waals surface area contributed by atoms with Crippen LogP contribution < -0.4 is 16.8 Å². The number of hydrogen-bond donors (Lipinski definition) is 3. The van der Waals surface area contributed by atoms with E-state index in [1.165, 1.54) is 11.8 Å². The van der Waals surface area contributed by atoms with Gasteiger partial charge in [-0.25, -0.2) is 4.79 Å². The van der Waals surface area contributed by atoms with Gasteiger partial charge in [0.15, 0.2) is 0 Å². The average Bonchev–Trinajstić information content (AvgIpc) is 1.97. The molecular formula is C6H13N3O2S. The Morgan fingerprint density at radius 3 is 2.50 bits per heavy atom. The van der Waals surface area contributed by atoms with Crippen LogP contribution in [0.1, 0.15) is 6.92 Å². The van der Waals surface area contributed by atoms with E-state index in [4.69, 9.17) is 11.5 Å². The summed E-state index contributed by atoms with van der Waals surface area (Å²) in [7, 11) is 0. The highest BCUT2D eigenvalue weighted by Crippen LogP contribution is 2.07. The number of nitrogens with one attached hydrogen (secondary N) is 1. The van der Waals surface area contributed by atoms with Crippen LogP contribution in [0.4, 0.5) is 4.79 Å². The van der Waals surface area contributed by atoms with E-state index in [1.807, 2.05) is 0 Å². The van der Waals surface area contributed by atoms with Gasteiger partial charge in [0.2, 0.25) is 5.91 Å². The fourth-order valence-corrected chi connectivity index (χ4v) is 1.23. The van der Waals surface area contributed by atoms with Crippen LogP contribution in [0.15, 0.2) is 0 Å². The molecule has 0 bridgehead atoms. The molecule has 0 rings (SSSR count). The zero-order valence-corrected chi connectivity index (χ0v) is 7.69. The largest absolute Gasteiger partial charge is 0.369 e. The summed E-state index contributed by atoms with van der Waals surface area (Å²) in [6.45, 7) is 2.18. The topological polar surface area (TPSA) is 98.2 Å². The SMILES string of the molecule is C[C@H](SCCNC(N)=O)C(N)=O. The summed E-state index contributed by atoms with van der Waals surface area (Å²) in [5, 5.41) is 2.18. The highest BCUT2D eigenvalue weighted by molar-refractivity contribution is 8.00. The van der Waals surface area contributed by atoms with Crippen LogP contribution in [-0.4, -0.2) is 29.5 Å². The van der Waals surface area contributed by atoms with E-state index in [2.05, 4.69) is 5.32 Å². The number of nitrogens with two attached hydrogens (primary N) is 2. The molecule has 0 saturated heterocycles. The molecular weight excluding hydrogens is 178 g/mol. The molecule has 12 heavy (non-hydrogen) atoms. The number of thioether (sulfide) groups is 1. The molecule has 0 fully saturated rings. The van der Waals surface area contributed by atoms with E-state index in [0.29, 0.717) is 12.3 Å². The number of rotatable bonds is 5. The number of carbonyl (C=O) groups excluding carboxylic acids is 2. The van der Waals surface area contributed by atoms with Crippen molar-refractivity contribution in [1.29, 1.82) is 0 Å². The van der Waals surface area contributed by atoms with Gasteiger partial charge in [0.25, 0.3) is 0 Å². The first-order valence-corrected chi connectivity index (χ1v) is 4.53. The van der Waals surface area contributed by atoms with Gasteiger partial charge in [-0.2, -0.15) is 0 Å². The molecule has 0 aromatic heterocycles. The molecule has 3 amide bonds. The Bertz CT molecular complexity index is 174. The van der Waals surface area contributed by atoms with Gasteiger partial charge in [0, 0.05) is 12.3 Å². The first kappa shape index (κ1) is 11.1. The summed E-state index contributed by atoms with van der Waals surface area (Å²) in [5.41, 5.74) is 9.82. The second-order valence-electron chi connectivity index (χ2n) is 2.21. The zero-order chi connectivity index (χ0) is 9.56. The lowest BCUT2D eigenvalue weighted by molar-refractivity contribution is -0.117. The zero-order valence-electron chi connectivity index (χ0n) is 6.87. The van der Waals surface area contributed by atoms with Crippen LogP contribution >= 0.6 is 11.8 Å². The highest BCUT2D eigenvalue weighted by atomic mass is 32.2. The lowest BCUT2D eigenvalue weighted by Gasteiger charge is -2.06. The second-order valence-corrected chi connectivity index (χ2v) is 3.66. The van der Waals surface area contributed by atoms with Crippen molar-refractivity contribution < 1.29 is 9.59 Å². The maximum absolute atomic E-state index is 10.5. The van der Waals surface area contributed by atoms with Crippen molar-refractivity contribution in [3.05, 3.63) is 0 Å². The lowest BCUT2D eigenvalue weighted by atomic mass is 10.5. The molecule has 0 aliphatic heterocycles. The summed E-state index contributed by atoms with van der Waals surface area (Å²) in [6.07, 6.45) is 0. The van der Waals surface area contributed by atoms with Crippen molar-refractivity contribution in [3.63, 3.8) is 0 Å². The fourth-order valence-electron chi connectivity index (χ4n) is 0.492. The molecule has 70 valence electrons. The third-order valence-corrected chi connectivity index (χ3v) is 2.34. The van der Waals surface area contributed by atoms with E-state index < -0.39 is 6.03 Å². The third kappa shape index (κ3) is 5.84. The molecule has 0 aromatic rings. The van der Waals surface area contributed by atoms with E-state index in [-0.39, 0.29) is 11.2 Å². The minimum absolute atomic E-state index is 0.223. The summed E-state index contributed by atoms with van der Waals surface area (Å²) >= 11 is 1.38. The quantitative estimate of drug-likeness (QED) is 0.499. The monoisotopic (exact) mass is 191 g/mol. The summed E-state index contributed by atoms with van der Waals surface area (Å²) in [5.74, 6) is 0.284. The Morgan fingerprint density at radius 2 is 2.08 bits per heavy atom. The predicted molar refractivity (Wildman–Crippen MR) is 48.7 cm³/mol. The molecule has 6 heteroatoms. The van der Waals surface area contributed by atoms with Crippen molar-refractivity contribution in [2.75, 3.05) is 12.3 Å². The summed E-state index contributed by atoms with van der Waals surface area (Å²) < 4.78 is 0. The molecule has 0 unspecified atom stereocenters. The predicted octanol–water partition coefficient (Wildman–Crippen LogP) is -0.738. The molecule has 0 heterocycles. The van der Waals surface area contributed by atoms with Gasteiger partial charge in [-0.05, 0) is 6.92 Å². The Balaban J connectivity index is 3.31. The van der Waals surface area contributed by atoms with E-state index in [0.717, 1.165) is 0 Å². The Hall–Kier alpha value is -0.910. The maximum atomic E-state index is 10.5. The normalized spacial score (nSPS) is 12.1. The van der Waals surface area contributed by atoms with Crippen molar-refractivity contribution in [1.82, 2.24) is 5.32 Å². The molecule has 0 aliphatic carbocycles. The van der Waals surface area contributed by atoms with Crippen molar-refractivity contribution in [2.45, 2.75) is 12.2 Å². The molecule has 0 radical (unpaired) electrons. The number of urea groups is 1. The first-order chi connectivity index (χ1) is 5.54. The first-order valence-electron chi connectivity index (χ1n) is 3.48. The van der Waals surface area contributed by atoms with E-state index in [1.54, 1.807) is 6.92 Å². The standard InChI is InChI=1S/C6H13N3O2S/c1-4(5(7)10)12-3-2-9-6(8)11/h4H,2-3H2,1H3,(H2,7,10)(H3,8,9,11)/t4-/m0/s1. The van der Waals surface area contributed by atoms with Crippen LogP contribution in [0.3, 0.4) is 0 Å². The summed E-state index contributed by atoms with van der Waals surface area (Å²) in [6, 6.07) is -0.553. The Labute approximate surface area is 75.2 Å². The van der Waals surface area contributed by atoms with Crippen LogP contribution in [0.2, 0.25) is 0 Å². The number of hydrogen-bond acceptors (Lipinski definition) is 3. The van der Waals surface area contributed by atoms with Gasteiger partial charge in [0.1, 0.15) is 0 Å². The van der Waals surface area contributed by atoms with Crippen molar-refractivity contribution in [2.24, 2.45) is 11.5 Å². The van der Waals surface area contributed by atoms with Gasteiger partial charge in [-0.1, -0.05) is 0 Å². The summed E-state index contributed by atoms with van der Waals surface area (Å²) in [4.78, 5) is 20.7. The molecule has 0 aliphatic rings. The molecule has 0 spiro atoms. The van der Waals surface area contributed by atoms with Gasteiger partial charge < -0.3 is 16.8 Å². The molecule has 5 N–H and O–H groups in total. The minimum atomic E-state index is -0.553. The number of amides is 3. The minimum Gasteiger partial charge on any atom is -0.369 e. The number of carbonyl (C=O) groups is 2. The fraction of sp³-hybridized carbons (Fsp3) is 0.667. The molecule has 1 atom stereocenters. The van der Waals surface area contributed by atoms with Crippen LogP contribution in [0, 0.1) is 0 Å². The van der Waals surface area contributed by atoms with Gasteiger partial charge >= 0.3 is 6.03 Å². The molecule has 0 aromatic carbocycles. The second kappa shape index (κ2) is 5.70. The smallest absolute Gasteiger partial charge is 0.312 e. The highest BCUT2D eigenvalue weighted by Gasteiger charge is 2.07. The maximum Gasteiger partial charge on any atom is 0.312 e. The van der Waals surface area contributed by atoms with Crippen LogP contribution in [0.25, 0.3) is 0 Å². The Kier molecular flexibility index (Phi) is 5.27. The van der Waals surface area contributed by atoms with Gasteiger partial charge in [-0.15, -0.1) is 11.8 Å². The van der Waals surface area contributed by atoms with Crippen LogP contribution in [-0.2, 0) is 4.79 Å². The molecule has 5 nitrogen and oxygen atoms in total. The van der Waals surface area contributed by atoms with Gasteiger partial charge in [-0.3, -0.25) is 4.79 Å². The van der Waals surface area contributed by atoms with E-state index in [9.17, 15) is 9.59 Å². The Morgan fingerprint density at radius 1 is 1.50 bits per heavy atom. The lowest BCUT2D eigenvalue weighted by Crippen LogP contribution is -2.32. The third-order valence-electron chi connectivity index (χ3n) is 1.17. The van der Waals surface area contributed by atoms with Gasteiger partial charge in [0.05, 0.1) is 5.25 Å². The van der Waals surface area contributed by atoms with Crippen LogP contribution in [0.5, 0.6) is 0 Å². The average molecular weight is 191 g/mol. The van der Waals surface area contributed by atoms with Crippen molar-refractivity contribution in [3.8, 4) is 0 Å². The number of primary amides is 2. The van der Waals surface area contributed by atoms with Crippen molar-refractivity contribution >= 4 is 23.7 Å².